The van der Waals surface area contributed by atoms with Crippen molar-refractivity contribution in [2.24, 2.45) is 0 Å². The van der Waals surface area contributed by atoms with Gasteiger partial charge in [-0.1, -0.05) is 51.9 Å². The number of fused-ring (bicyclic) bond motifs is 1. The predicted molar refractivity (Wildman–Crippen MR) is 95.3 cm³/mol. The summed E-state index contributed by atoms with van der Waals surface area (Å²) >= 11 is 0. The monoisotopic (exact) mass is 316 g/mol. The molecule has 2 rings (SSSR count). The number of aryl methyl sites for hydroxylation is 1. The highest BCUT2D eigenvalue weighted by molar-refractivity contribution is 5.81. The van der Waals surface area contributed by atoms with E-state index in [2.05, 4.69) is 6.92 Å². The van der Waals surface area contributed by atoms with E-state index in [4.69, 9.17) is 9.15 Å². The summed E-state index contributed by atoms with van der Waals surface area (Å²) in [6.07, 6.45) is 10.4. The van der Waals surface area contributed by atoms with E-state index >= 15 is 0 Å². The first-order valence-electron chi connectivity index (χ1n) is 8.88. The van der Waals surface area contributed by atoms with Gasteiger partial charge in [-0.25, -0.2) is 4.79 Å². The van der Waals surface area contributed by atoms with Crippen molar-refractivity contribution in [3.05, 3.63) is 40.2 Å². The fourth-order valence-corrected chi connectivity index (χ4v) is 2.81. The van der Waals surface area contributed by atoms with Gasteiger partial charge in [-0.2, -0.15) is 0 Å². The molecular formula is C20H28O3. The van der Waals surface area contributed by atoms with Crippen LogP contribution in [0.4, 0.5) is 0 Å². The number of hydrogen-bond donors (Lipinski definition) is 0. The van der Waals surface area contributed by atoms with Crippen LogP contribution in [-0.4, -0.2) is 6.61 Å². The van der Waals surface area contributed by atoms with E-state index in [9.17, 15) is 4.79 Å². The summed E-state index contributed by atoms with van der Waals surface area (Å²) in [5.74, 6) is 0.845. The van der Waals surface area contributed by atoms with E-state index in [0.717, 1.165) is 29.7 Å². The average molecular weight is 316 g/mol. The molecule has 0 aliphatic heterocycles. The molecule has 0 aliphatic rings. The van der Waals surface area contributed by atoms with Gasteiger partial charge in [0.2, 0.25) is 0 Å². The molecule has 0 spiro atoms. The standard InChI is InChI=1S/C20H28O3/c1-3-4-5-6-7-8-9-10-13-22-17-11-12-19-18(15-17)16(2)14-20(21)23-19/h11-12,14-15H,3-10,13H2,1-2H3. The molecule has 0 radical (unpaired) electrons. The van der Waals surface area contributed by atoms with E-state index in [-0.39, 0.29) is 5.63 Å². The van der Waals surface area contributed by atoms with Crippen molar-refractivity contribution in [1.29, 1.82) is 0 Å². The Morgan fingerprint density at radius 2 is 1.65 bits per heavy atom. The first-order chi connectivity index (χ1) is 11.2. The van der Waals surface area contributed by atoms with Crippen LogP contribution in [0.5, 0.6) is 5.75 Å². The fraction of sp³-hybridized carbons (Fsp3) is 0.550. The summed E-state index contributed by atoms with van der Waals surface area (Å²) in [5.41, 5.74) is 1.24. The molecule has 0 N–H and O–H groups in total. The van der Waals surface area contributed by atoms with Crippen LogP contribution < -0.4 is 10.4 Å². The highest BCUT2D eigenvalue weighted by Crippen LogP contribution is 2.22. The molecule has 1 aromatic heterocycles. The maximum atomic E-state index is 11.3. The summed E-state index contributed by atoms with van der Waals surface area (Å²) < 4.78 is 11.0. The Hall–Kier alpha value is -1.77. The Balaban J connectivity index is 1.72. The zero-order valence-electron chi connectivity index (χ0n) is 14.4. The average Bonchev–Trinajstić information content (AvgIpc) is 2.53. The van der Waals surface area contributed by atoms with Gasteiger partial charge in [0, 0.05) is 11.5 Å². The van der Waals surface area contributed by atoms with Crippen molar-refractivity contribution in [3.8, 4) is 5.75 Å². The first kappa shape index (κ1) is 17.6. The Morgan fingerprint density at radius 3 is 2.39 bits per heavy atom. The van der Waals surface area contributed by atoms with Crippen LogP contribution in [0.1, 0.15) is 63.9 Å². The second-order valence-corrected chi connectivity index (χ2v) is 6.23. The fourth-order valence-electron chi connectivity index (χ4n) is 2.81. The normalized spacial score (nSPS) is 11.0. The number of unbranched alkanes of at least 4 members (excludes halogenated alkanes) is 7. The highest BCUT2D eigenvalue weighted by Gasteiger charge is 2.04. The second-order valence-electron chi connectivity index (χ2n) is 6.23. The van der Waals surface area contributed by atoms with Crippen LogP contribution >= 0.6 is 0 Å². The van der Waals surface area contributed by atoms with Crippen LogP contribution in [0.25, 0.3) is 11.0 Å². The quantitative estimate of drug-likeness (QED) is 0.422. The van der Waals surface area contributed by atoms with Gasteiger partial charge in [0.25, 0.3) is 0 Å². The lowest BCUT2D eigenvalue weighted by molar-refractivity contribution is 0.304. The van der Waals surface area contributed by atoms with Crippen LogP contribution in [-0.2, 0) is 0 Å². The van der Waals surface area contributed by atoms with Gasteiger partial charge in [0.1, 0.15) is 11.3 Å². The number of hydrogen-bond acceptors (Lipinski definition) is 3. The van der Waals surface area contributed by atoms with Crippen LogP contribution in [0.2, 0.25) is 0 Å². The SMILES string of the molecule is CCCCCCCCCCOc1ccc2oc(=O)cc(C)c2c1. The summed E-state index contributed by atoms with van der Waals surface area (Å²) in [7, 11) is 0. The third-order valence-electron chi connectivity index (χ3n) is 4.19. The lowest BCUT2D eigenvalue weighted by Crippen LogP contribution is -2.00. The molecule has 2 aromatic rings. The van der Waals surface area contributed by atoms with E-state index in [1.165, 1.54) is 51.0 Å². The summed E-state index contributed by atoms with van der Waals surface area (Å²) in [4.78, 5) is 11.3. The minimum Gasteiger partial charge on any atom is -0.494 e. The Kier molecular flexibility index (Phi) is 7.18. The van der Waals surface area contributed by atoms with Gasteiger partial charge in [-0.3, -0.25) is 0 Å². The molecule has 3 heteroatoms. The molecule has 3 nitrogen and oxygen atoms in total. The minimum atomic E-state index is -0.303. The van der Waals surface area contributed by atoms with Gasteiger partial charge in [0.15, 0.2) is 0 Å². The van der Waals surface area contributed by atoms with Gasteiger partial charge in [-0.15, -0.1) is 0 Å². The molecule has 126 valence electrons. The summed E-state index contributed by atoms with van der Waals surface area (Å²) in [6.45, 7) is 4.91. The Labute approximate surface area is 138 Å². The summed E-state index contributed by atoms with van der Waals surface area (Å²) in [5, 5.41) is 0.943. The lowest BCUT2D eigenvalue weighted by atomic mass is 10.1. The van der Waals surface area contributed by atoms with Crippen LogP contribution in [0, 0.1) is 6.92 Å². The maximum Gasteiger partial charge on any atom is 0.336 e. The van der Waals surface area contributed by atoms with E-state index in [1.54, 1.807) is 0 Å². The number of benzene rings is 1. The third kappa shape index (κ3) is 5.74. The smallest absolute Gasteiger partial charge is 0.336 e. The van der Waals surface area contributed by atoms with Crippen molar-refractivity contribution in [2.75, 3.05) is 6.61 Å². The van der Waals surface area contributed by atoms with Gasteiger partial charge in [-0.05, 0) is 37.1 Å². The van der Waals surface area contributed by atoms with Gasteiger partial charge in [0.05, 0.1) is 6.61 Å². The van der Waals surface area contributed by atoms with Gasteiger partial charge >= 0.3 is 5.63 Å². The van der Waals surface area contributed by atoms with Crippen LogP contribution in [0.3, 0.4) is 0 Å². The number of ether oxygens (including phenoxy) is 1. The van der Waals surface area contributed by atoms with Gasteiger partial charge < -0.3 is 9.15 Å². The Bertz CT molecular complexity index is 657. The van der Waals surface area contributed by atoms with Crippen molar-refractivity contribution in [3.63, 3.8) is 0 Å². The molecule has 1 heterocycles. The largest absolute Gasteiger partial charge is 0.494 e. The first-order valence-corrected chi connectivity index (χ1v) is 8.88. The number of rotatable bonds is 10. The molecule has 0 bridgehead atoms. The molecule has 1 aromatic carbocycles. The topological polar surface area (TPSA) is 39.4 Å². The molecule has 0 atom stereocenters. The molecule has 0 unspecified atom stereocenters. The second kappa shape index (κ2) is 9.39. The molecule has 0 saturated carbocycles. The third-order valence-corrected chi connectivity index (χ3v) is 4.19. The molecule has 23 heavy (non-hydrogen) atoms. The Morgan fingerprint density at radius 1 is 0.957 bits per heavy atom. The maximum absolute atomic E-state index is 11.3. The van der Waals surface area contributed by atoms with Crippen molar-refractivity contribution < 1.29 is 9.15 Å². The molecular weight excluding hydrogens is 288 g/mol. The predicted octanol–water partition coefficient (Wildman–Crippen LogP) is 5.62. The molecule has 0 amide bonds. The zero-order valence-corrected chi connectivity index (χ0v) is 14.4. The van der Waals surface area contributed by atoms with Crippen molar-refractivity contribution in [2.45, 2.75) is 65.2 Å². The molecule has 0 aliphatic carbocycles. The highest BCUT2D eigenvalue weighted by atomic mass is 16.5. The van der Waals surface area contributed by atoms with Crippen molar-refractivity contribution >= 4 is 11.0 Å². The van der Waals surface area contributed by atoms with E-state index in [1.807, 2.05) is 25.1 Å². The molecule has 0 fully saturated rings. The van der Waals surface area contributed by atoms with E-state index < -0.39 is 0 Å². The van der Waals surface area contributed by atoms with Crippen molar-refractivity contribution in [1.82, 2.24) is 0 Å². The zero-order chi connectivity index (χ0) is 16.5. The van der Waals surface area contributed by atoms with Crippen LogP contribution in [0.15, 0.2) is 33.5 Å². The van der Waals surface area contributed by atoms with E-state index in [0.29, 0.717) is 5.58 Å². The lowest BCUT2D eigenvalue weighted by Gasteiger charge is -2.08. The summed E-state index contributed by atoms with van der Waals surface area (Å²) in [6, 6.07) is 7.16. The minimum absolute atomic E-state index is 0.303. The molecule has 0 saturated heterocycles.